The van der Waals surface area contributed by atoms with Gasteiger partial charge in [0.1, 0.15) is 10.7 Å². The van der Waals surface area contributed by atoms with Crippen LogP contribution < -0.4 is 0 Å². The molecule has 1 aliphatic heterocycles. The fraction of sp³-hybridized carbons (Fsp3) is 0.429. The zero-order chi connectivity index (χ0) is 14.6. The summed E-state index contributed by atoms with van der Waals surface area (Å²) in [5, 5.41) is 8.61. The molecule has 0 unspecified atom stereocenters. The molecule has 6 heteroatoms. The zero-order valence-corrected chi connectivity index (χ0v) is 11.8. The van der Waals surface area contributed by atoms with Crippen LogP contribution in [0.25, 0.3) is 0 Å². The molecule has 0 amide bonds. The predicted octanol–water partition coefficient (Wildman–Crippen LogP) is 1.34. The van der Waals surface area contributed by atoms with Crippen molar-refractivity contribution in [2.45, 2.75) is 24.2 Å². The SMILES string of the molecule is O=S(=O)(c1ccc(C#CCCO)cc1F)N1CCCC1. The van der Waals surface area contributed by atoms with E-state index in [1.54, 1.807) is 0 Å². The quantitative estimate of drug-likeness (QED) is 0.857. The van der Waals surface area contributed by atoms with Crippen LogP contribution in [0.5, 0.6) is 0 Å². The van der Waals surface area contributed by atoms with Gasteiger partial charge >= 0.3 is 0 Å². The molecule has 0 aromatic heterocycles. The van der Waals surface area contributed by atoms with E-state index in [1.165, 1.54) is 16.4 Å². The third-order valence-corrected chi connectivity index (χ3v) is 5.02. The topological polar surface area (TPSA) is 57.6 Å². The van der Waals surface area contributed by atoms with Crippen LogP contribution in [0.3, 0.4) is 0 Å². The molecule has 1 N–H and O–H groups in total. The molecule has 1 aliphatic rings. The number of aliphatic hydroxyl groups excluding tert-OH is 1. The van der Waals surface area contributed by atoms with Crippen molar-refractivity contribution in [2.24, 2.45) is 0 Å². The molecule has 108 valence electrons. The maximum absolute atomic E-state index is 14.0. The van der Waals surface area contributed by atoms with Crippen LogP contribution in [0.15, 0.2) is 23.1 Å². The fourth-order valence-corrected chi connectivity index (χ4v) is 3.64. The van der Waals surface area contributed by atoms with Crippen LogP contribution in [0.4, 0.5) is 4.39 Å². The first-order valence-electron chi connectivity index (χ1n) is 6.45. The highest BCUT2D eigenvalue weighted by atomic mass is 32.2. The average Bonchev–Trinajstić information content (AvgIpc) is 2.93. The van der Waals surface area contributed by atoms with E-state index in [0.29, 0.717) is 25.1 Å². The maximum atomic E-state index is 14.0. The molecule has 0 atom stereocenters. The van der Waals surface area contributed by atoms with E-state index in [0.717, 1.165) is 18.9 Å². The van der Waals surface area contributed by atoms with E-state index in [4.69, 9.17) is 5.11 Å². The van der Waals surface area contributed by atoms with E-state index in [1.807, 2.05) is 0 Å². The lowest BCUT2D eigenvalue weighted by atomic mass is 10.2. The van der Waals surface area contributed by atoms with Gasteiger partial charge in [0.05, 0.1) is 6.61 Å². The van der Waals surface area contributed by atoms with Gasteiger partial charge in [-0.05, 0) is 31.0 Å². The van der Waals surface area contributed by atoms with E-state index in [2.05, 4.69) is 11.8 Å². The van der Waals surface area contributed by atoms with E-state index >= 15 is 0 Å². The van der Waals surface area contributed by atoms with Crippen LogP contribution in [0, 0.1) is 17.7 Å². The van der Waals surface area contributed by atoms with Gasteiger partial charge in [0, 0.05) is 25.1 Å². The Morgan fingerprint density at radius 1 is 1.30 bits per heavy atom. The first kappa shape index (κ1) is 15.0. The molecule has 1 heterocycles. The molecule has 0 bridgehead atoms. The Hall–Kier alpha value is -1.42. The summed E-state index contributed by atoms with van der Waals surface area (Å²) in [4.78, 5) is -0.299. The summed E-state index contributed by atoms with van der Waals surface area (Å²) in [6, 6.07) is 3.86. The largest absolute Gasteiger partial charge is 0.395 e. The van der Waals surface area contributed by atoms with E-state index < -0.39 is 15.8 Å². The molecular weight excluding hydrogens is 281 g/mol. The highest BCUT2D eigenvalue weighted by Crippen LogP contribution is 2.23. The molecule has 1 aromatic rings. The summed E-state index contributed by atoms with van der Waals surface area (Å²) in [6.07, 6.45) is 1.92. The maximum Gasteiger partial charge on any atom is 0.245 e. The average molecular weight is 297 g/mol. The van der Waals surface area contributed by atoms with Gasteiger partial charge < -0.3 is 5.11 Å². The summed E-state index contributed by atoms with van der Waals surface area (Å²) in [5.41, 5.74) is 0.399. The number of benzene rings is 1. The van der Waals surface area contributed by atoms with Gasteiger partial charge in [0.25, 0.3) is 0 Å². The Bertz CT molecular complexity index is 640. The molecule has 0 saturated carbocycles. The standard InChI is InChI=1S/C14H16FNO3S/c15-13-11-12(5-1-4-10-17)6-7-14(13)20(18,19)16-8-2-3-9-16/h6-7,11,17H,2-4,8-10H2. The van der Waals surface area contributed by atoms with Gasteiger partial charge in [0.2, 0.25) is 10.0 Å². The van der Waals surface area contributed by atoms with Crippen molar-refractivity contribution in [1.82, 2.24) is 4.31 Å². The molecule has 1 saturated heterocycles. The van der Waals surface area contributed by atoms with Crippen molar-refractivity contribution in [3.63, 3.8) is 0 Å². The van der Waals surface area contributed by atoms with Crippen LogP contribution in [-0.4, -0.2) is 37.5 Å². The lowest BCUT2D eigenvalue weighted by Crippen LogP contribution is -2.28. The molecule has 2 rings (SSSR count). The Kier molecular flexibility index (Phi) is 4.76. The second-order valence-corrected chi connectivity index (χ2v) is 6.44. The van der Waals surface area contributed by atoms with Crippen molar-refractivity contribution in [2.75, 3.05) is 19.7 Å². The number of rotatable bonds is 3. The summed E-state index contributed by atoms with van der Waals surface area (Å²) in [7, 11) is -3.74. The highest BCUT2D eigenvalue weighted by Gasteiger charge is 2.29. The highest BCUT2D eigenvalue weighted by molar-refractivity contribution is 7.89. The van der Waals surface area contributed by atoms with Crippen molar-refractivity contribution < 1.29 is 17.9 Å². The fourth-order valence-electron chi connectivity index (χ4n) is 2.08. The number of sulfonamides is 1. The third kappa shape index (κ3) is 3.18. The van der Waals surface area contributed by atoms with Crippen molar-refractivity contribution in [3.8, 4) is 11.8 Å². The molecule has 1 aromatic carbocycles. The van der Waals surface area contributed by atoms with Gasteiger partial charge in [-0.25, -0.2) is 12.8 Å². The Labute approximate surface area is 118 Å². The van der Waals surface area contributed by atoms with Crippen LogP contribution in [-0.2, 0) is 10.0 Å². The normalized spacial score (nSPS) is 15.9. The number of aliphatic hydroxyl groups is 1. The van der Waals surface area contributed by atoms with Gasteiger partial charge in [-0.15, -0.1) is 0 Å². The van der Waals surface area contributed by atoms with Crippen molar-refractivity contribution in [1.29, 1.82) is 0 Å². The Morgan fingerprint density at radius 2 is 2.00 bits per heavy atom. The molecule has 4 nitrogen and oxygen atoms in total. The van der Waals surface area contributed by atoms with Crippen LogP contribution in [0.1, 0.15) is 24.8 Å². The molecular formula is C14H16FNO3S. The smallest absolute Gasteiger partial charge is 0.245 e. The summed E-state index contributed by atoms with van der Waals surface area (Å²) in [6.45, 7) is 0.830. The number of halogens is 1. The first-order valence-corrected chi connectivity index (χ1v) is 7.89. The number of nitrogens with zero attached hydrogens (tertiary/aromatic N) is 1. The summed E-state index contributed by atoms with van der Waals surface area (Å²) >= 11 is 0. The lowest BCUT2D eigenvalue weighted by molar-refractivity contribution is 0.305. The predicted molar refractivity (Wildman–Crippen MR) is 73.0 cm³/mol. The van der Waals surface area contributed by atoms with Gasteiger partial charge in [-0.1, -0.05) is 11.8 Å². The molecule has 0 spiro atoms. The summed E-state index contributed by atoms with van der Waals surface area (Å²) in [5.74, 6) is 4.56. The zero-order valence-electron chi connectivity index (χ0n) is 11.0. The Morgan fingerprint density at radius 3 is 2.60 bits per heavy atom. The van der Waals surface area contributed by atoms with E-state index in [-0.39, 0.29) is 11.5 Å². The van der Waals surface area contributed by atoms with Gasteiger partial charge in [0.15, 0.2) is 0 Å². The van der Waals surface area contributed by atoms with Crippen molar-refractivity contribution >= 4 is 10.0 Å². The number of hydrogen-bond acceptors (Lipinski definition) is 3. The molecule has 20 heavy (non-hydrogen) atoms. The van der Waals surface area contributed by atoms with E-state index in [9.17, 15) is 12.8 Å². The van der Waals surface area contributed by atoms with Crippen LogP contribution in [0.2, 0.25) is 0 Å². The monoisotopic (exact) mass is 297 g/mol. The summed E-state index contributed by atoms with van der Waals surface area (Å²) < 4.78 is 39.8. The Balaban J connectivity index is 2.28. The third-order valence-electron chi connectivity index (χ3n) is 3.08. The second-order valence-electron chi connectivity index (χ2n) is 4.53. The van der Waals surface area contributed by atoms with Gasteiger partial charge in [-0.2, -0.15) is 4.31 Å². The van der Waals surface area contributed by atoms with Crippen LogP contribution >= 0.6 is 0 Å². The minimum Gasteiger partial charge on any atom is -0.395 e. The number of hydrogen-bond donors (Lipinski definition) is 1. The molecule has 0 aliphatic carbocycles. The van der Waals surface area contributed by atoms with Crippen molar-refractivity contribution in [3.05, 3.63) is 29.6 Å². The lowest BCUT2D eigenvalue weighted by Gasteiger charge is -2.15. The molecule has 0 radical (unpaired) electrons. The minimum atomic E-state index is -3.74. The first-order chi connectivity index (χ1) is 9.55. The second kappa shape index (κ2) is 6.35. The van der Waals surface area contributed by atoms with Gasteiger partial charge in [-0.3, -0.25) is 0 Å². The minimum absolute atomic E-state index is 0.0586. The molecule has 1 fully saturated rings.